The van der Waals surface area contributed by atoms with Crippen LogP contribution in [-0.2, 0) is 0 Å². The molecule has 0 aliphatic heterocycles. The lowest BCUT2D eigenvalue weighted by atomic mass is 10.3. The minimum Gasteiger partial charge on any atom is -0.340 e. The van der Waals surface area contributed by atoms with Crippen molar-refractivity contribution >= 4 is 57.9 Å². The molecular formula is C16H11Cl3N4. The number of rotatable bonds is 4. The van der Waals surface area contributed by atoms with Gasteiger partial charge in [-0.3, -0.25) is 0 Å². The van der Waals surface area contributed by atoms with Crippen LogP contribution in [0.2, 0.25) is 15.1 Å². The Kier molecular flexibility index (Phi) is 4.86. The molecule has 2 aromatic carbocycles. The van der Waals surface area contributed by atoms with E-state index >= 15 is 0 Å². The van der Waals surface area contributed by atoms with Crippen LogP contribution in [0.25, 0.3) is 0 Å². The monoisotopic (exact) mass is 364 g/mol. The number of anilines is 4. The lowest BCUT2D eigenvalue weighted by Gasteiger charge is -2.09. The van der Waals surface area contributed by atoms with Gasteiger partial charge in [-0.2, -0.15) is 4.98 Å². The molecule has 7 heteroatoms. The Morgan fingerprint density at radius 1 is 0.783 bits per heavy atom. The molecule has 0 radical (unpaired) electrons. The molecule has 0 atom stereocenters. The molecule has 0 unspecified atom stereocenters. The van der Waals surface area contributed by atoms with Gasteiger partial charge in [0.2, 0.25) is 5.95 Å². The molecule has 1 aromatic heterocycles. The summed E-state index contributed by atoms with van der Waals surface area (Å²) in [6, 6.07) is 14.3. The predicted molar refractivity (Wildman–Crippen MR) is 96.5 cm³/mol. The van der Waals surface area contributed by atoms with E-state index < -0.39 is 0 Å². The average Bonchev–Trinajstić information content (AvgIpc) is 2.53. The highest BCUT2D eigenvalue weighted by molar-refractivity contribution is 6.36. The number of halogens is 3. The minimum atomic E-state index is 0.424. The van der Waals surface area contributed by atoms with Gasteiger partial charge in [0.05, 0.1) is 10.7 Å². The Bertz CT molecular complexity index is 822. The van der Waals surface area contributed by atoms with E-state index in [2.05, 4.69) is 20.6 Å². The molecule has 23 heavy (non-hydrogen) atoms. The van der Waals surface area contributed by atoms with E-state index in [-0.39, 0.29) is 0 Å². The molecule has 0 aliphatic carbocycles. The summed E-state index contributed by atoms with van der Waals surface area (Å²) >= 11 is 17.9. The summed E-state index contributed by atoms with van der Waals surface area (Å²) in [4.78, 5) is 8.57. The molecule has 2 N–H and O–H groups in total. The van der Waals surface area contributed by atoms with Crippen molar-refractivity contribution < 1.29 is 0 Å². The molecule has 0 saturated heterocycles. The summed E-state index contributed by atoms with van der Waals surface area (Å²) in [5.74, 6) is 1.07. The maximum absolute atomic E-state index is 6.13. The summed E-state index contributed by atoms with van der Waals surface area (Å²) < 4.78 is 0. The maximum atomic E-state index is 6.13. The summed E-state index contributed by atoms with van der Waals surface area (Å²) in [5.41, 5.74) is 1.56. The molecule has 1 heterocycles. The Labute approximate surface area is 148 Å². The molecule has 0 saturated carbocycles. The highest BCUT2D eigenvalue weighted by Gasteiger charge is 2.05. The van der Waals surface area contributed by atoms with Gasteiger partial charge in [-0.1, -0.05) is 34.8 Å². The van der Waals surface area contributed by atoms with Crippen molar-refractivity contribution in [1.29, 1.82) is 0 Å². The normalized spacial score (nSPS) is 10.4. The van der Waals surface area contributed by atoms with E-state index in [1.54, 1.807) is 42.6 Å². The van der Waals surface area contributed by atoms with E-state index in [0.717, 1.165) is 5.69 Å². The van der Waals surface area contributed by atoms with E-state index in [9.17, 15) is 0 Å². The fraction of sp³-hybridized carbons (Fsp3) is 0. The van der Waals surface area contributed by atoms with Crippen molar-refractivity contribution in [3.8, 4) is 0 Å². The van der Waals surface area contributed by atoms with Crippen molar-refractivity contribution in [3.63, 3.8) is 0 Å². The molecule has 4 nitrogen and oxygen atoms in total. The predicted octanol–water partition coefficient (Wildman–Crippen LogP) is 5.92. The first-order chi connectivity index (χ1) is 11.1. The van der Waals surface area contributed by atoms with Gasteiger partial charge in [0.25, 0.3) is 0 Å². The van der Waals surface area contributed by atoms with Gasteiger partial charge in [-0.25, -0.2) is 4.98 Å². The van der Waals surface area contributed by atoms with Crippen molar-refractivity contribution in [2.75, 3.05) is 10.6 Å². The molecule has 3 rings (SSSR count). The van der Waals surface area contributed by atoms with Crippen LogP contribution in [0.3, 0.4) is 0 Å². The maximum Gasteiger partial charge on any atom is 0.229 e. The first-order valence-corrected chi connectivity index (χ1v) is 7.81. The number of hydrogen-bond donors (Lipinski definition) is 2. The van der Waals surface area contributed by atoms with Gasteiger partial charge < -0.3 is 10.6 Å². The number of hydrogen-bond acceptors (Lipinski definition) is 4. The topological polar surface area (TPSA) is 49.8 Å². The second kappa shape index (κ2) is 7.04. The molecule has 0 bridgehead atoms. The fourth-order valence-corrected chi connectivity index (χ4v) is 2.46. The van der Waals surface area contributed by atoms with Crippen LogP contribution in [0, 0.1) is 0 Å². The quantitative estimate of drug-likeness (QED) is 0.602. The van der Waals surface area contributed by atoms with Crippen molar-refractivity contribution in [3.05, 3.63) is 69.8 Å². The number of benzene rings is 2. The van der Waals surface area contributed by atoms with Crippen LogP contribution >= 0.6 is 34.8 Å². The Balaban J connectivity index is 1.78. The van der Waals surface area contributed by atoms with Crippen molar-refractivity contribution in [2.45, 2.75) is 0 Å². The average molecular weight is 366 g/mol. The smallest absolute Gasteiger partial charge is 0.229 e. The number of aromatic nitrogens is 2. The highest BCUT2D eigenvalue weighted by Crippen LogP contribution is 2.27. The lowest BCUT2D eigenvalue weighted by molar-refractivity contribution is 1.17. The molecule has 116 valence electrons. The number of nitrogens with one attached hydrogen (secondary N) is 2. The van der Waals surface area contributed by atoms with Crippen molar-refractivity contribution in [2.24, 2.45) is 0 Å². The molecule has 0 fully saturated rings. The fourth-order valence-electron chi connectivity index (χ4n) is 1.88. The van der Waals surface area contributed by atoms with Gasteiger partial charge in [-0.05, 0) is 48.5 Å². The van der Waals surface area contributed by atoms with Crippen LogP contribution in [0.15, 0.2) is 54.7 Å². The third-order valence-electron chi connectivity index (χ3n) is 2.95. The van der Waals surface area contributed by atoms with E-state index in [4.69, 9.17) is 34.8 Å². The second-order valence-electron chi connectivity index (χ2n) is 4.65. The van der Waals surface area contributed by atoms with Gasteiger partial charge in [0, 0.05) is 21.9 Å². The zero-order valence-electron chi connectivity index (χ0n) is 11.7. The molecular weight excluding hydrogens is 355 g/mol. The molecule has 3 aromatic rings. The van der Waals surface area contributed by atoms with E-state index in [1.165, 1.54) is 0 Å². The third kappa shape index (κ3) is 4.26. The molecule has 0 aliphatic rings. The summed E-state index contributed by atoms with van der Waals surface area (Å²) in [6.07, 6.45) is 1.65. The van der Waals surface area contributed by atoms with Crippen LogP contribution < -0.4 is 10.6 Å². The van der Waals surface area contributed by atoms with Crippen molar-refractivity contribution in [1.82, 2.24) is 9.97 Å². The van der Waals surface area contributed by atoms with Gasteiger partial charge in [0.1, 0.15) is 5.82 Å². The Morgan fingerprint density at radius 2 is 1.52 bits per heavy atom. The minimum absolute atomic E-state index is 0.424. The Hall–Kier alpha value is -2.01. The molecule has 0 amide bonds. The zero-order chi connectivity index (χ0) is 16.2. The van der Waals surface area contributed by atoms with Crippen LogP contribution in [-0.4, -0.2) is 9.97 Å². The van der Waals surface area contributed by atoms with Crippen LogP contribution in [0.4, 0.5) is 23.1 Å². The van der Waals surface area contributed by atoms with E-state index in [0.29, 0.717) is 32.5 Å². The SMILES string of the molecule is Clc1ccc(Nc2ccnc(Nc3ccc(Cl)cc3Cl)n2)cc1. The zero-order valence-corrected chi connectivity index (χ0v) is 14.0. The lowest BCUT2D eigenvalue weighted by Crippen LogP contribution is -2.00. The largest absolute Gasteiger partial charge is 0.340 e. The first-order valence-electron chi connectivity index (χ1n) is 6.68. The second-order valence-corrected chi connectivity index (χ2v) is 5.93. The molecule has 0 spiro atoms. The highest BCUT2D eigenvalue weighted by atomic mass is 35.5. The first kappa shape index (κ1) is 15.9. The summed E-state index contributed by atoms with van der Waals surface area (Å²) in [5, 5.41) is 7.98. The van der Waals surface area contributed by atoms with Gasteiger partial charge in [0.15, 0.2) is 0 Å². The standard InChI is InChI=1S/C16H11Cl3N4/c17-10-1-4-12(5-2-10)21-15-7-8-20-16(23-15)22-14-6-3-11(18)9-13(14)19/h1-9H,(H2,20,21,22,23). The van der Waals surface area contributed by atoms with Gasteiger partial charge in [-0.15, -0.1) is 0 Å². The van der Waals surface area contributed by atoms with Crippen LogP contribution in [0.5, 0.6) is 0 Å². The summed E-state index contributed by atoms with van der Waals surface area (Å²) in [7, 11) is 0. The van der Waals surface area contributed by atoms with Gasteiger partial charge >= 0.3 is 0 Å². The Morgan fingerprint density at radius 3 is 2.26 bits per heavy atom. The summed E-state index contributed by atoms with van der Waals surface area (Å²) in [6.45, 7) is 0. The van der Waals surface area contributed by atoms with E-state index in [1.807, 2.05) is 12.1 Å². The third-order valence-corrected chi connectivity index (χ3v) is 3.75. The van der Waals surface area contributed by atoms with Crippen LogP contribution in [0.1, 0.15) is 0 Å². The number of nitrogens with zero attached hydrogens (tertiary/aromatic N) is 2.